The van der Waals surface area contributed by atoms with Gasteiger partial charge in [-0.05, 0) is 48.4 Å². The molecule has 9 N–H and O–H groups in total. The van der Waals surface area contributed by atoms with Gasteiger partial charge in [0, 0.05) is 22.7 Å². The zero-order valence-corrected chi connectivity index (χ0v) is 19.6. The normalized spacial score (nSPS) is 27.8. The molecular weight excluding hydrogens is 468 g/mol. The lowest BCUT2D eigenvalue weighted by atomic mass is 9.57. The SMILES string of the molecule is CC(C)c1cc(-c2ccc(O)c3c2C[C@H]2C[C@H]4[C@@H](N)C(=O)C(C(N)=O)=C(O)[C@@]4(O)C(=O)C2=C3O)n[nH]1. The Bertz CT molecular complexity index is 1420. The van der Waals surface area contributed by atoms with Crippen molar-refractivity contribution in [1.29, 1.82) is 0 Å². The number of carbonyl (C=O) groups is 3. The predicted molar refractivity (Wildman–Crippen MR) is 126 cm³/mol. The minimum absolute atomic E-state index is 0.0121. The van der Waals surface area contributed by atoms with Crippen LogP contribution in [0.15, 0.2) is 35.1 Å². The molecule has 2 aromatic rings. The lowest BCUT2D eigenvalue weighted by molar-refractivity contribution is -0.149. The fraction of sp³-hybridized carbons (Fsp3) is 0.360. The van der Waals surface area contributed by atoms with E-state index in [1.54, 1.807) is 6.07 Å². The molecule has 0 saturated heterocycles. The van der Waals surface area contributed by atoms with Gasteiger partial charge in [0.15, 0.2) is 11.4 Å². The number of primary amides is 1. The van der Waals surface area contributed by atoms with Crippen molar-refractivity contribution in [2.24, 2.45) is 23.3 Å². The molecule has 0 spiro atoms. The van der Waals surface area contributed by atoms with E-state index in [1.165, 1.54) is 6.07 Å². The highest BCUT2D eigenvalue weighted by Crippen LogP contribution is 2.52. The number of aromatic hydroxyl groups is 1. The Morgan fingerprint density at radius 1 is 1.22 bits per heavy atom. The average Bonchev–Trinajstić information content (AvgIpc) is 3.30. The van der Waals surface area contributed by atoms with Crippen LogP contribution in [0.5, 0.6) is 5.75 Å². The van der Waals surface area contributed by atoms with Crippen molar-refractivity contribution < 1.29 is 34.8 Å². The molecule has 1 aromatic heterocycles. The number of H-pyrrole nitrogens is 1. The Balaban J connectivity index is 1.70. The number of rotatable bonds is 3. The molecule has 1 fully saturated rings. The largest absolute Gasteiger partial charge is 0.508 e. The standard InChI is InChI=1S/C25H26N4O7/c1-8(2)13-7-14(29-28-13)10-3-4-15(30)17-11(10)5-9-6-12-19(26)21(32)18(24(27)35)23(34)25(12,36)22(33)16(9)20(17)31/h3-4,7-9,12,19,30-31,34,36H,5-6,26H2,1-2H3,(H2,27,35)(H,28,29)/t9-,12-,19+,25-/m0/s1. The van der Waals surface area contributed by atoms with Crippen LogP contribution in [0.2, 0.25) is 0 Å². The smallest absolute Gasteiger partial charge is 0.255 e. The van der Waals surface area contributed by atoms with Gasteiger partial charge in [-0.15, -0.1) is 0 Å². The minimum Gasteiger partial charge on any atom is -0.508 e. The summed E-state index contributed by atoms with van der Waals surface area (Å²) in [6.07, 6.45) is 0.103. The molecule has 1 heterocycles. The summed E-state index contributed by atoms with van der Waals surface area (Å²) < 4.78 is 0. The maximum absolute atomic E-state index is 13.6. The molecule has 0 unspecified atom stereocenters. The van der Waals surface area contributed by atoms with E-state index in [4.69, 9.17) is 11.5 Å². The van der Waals surface area contributed by atoms with Gasteiger partial charge in [0.2, 0.25) is 5.78 Å². The van der Waals surface area contributed by atoms with Gasteiger partial charge >= 0.3 is 0 Å². The van der Waals surface area contributed by atoms with Gasteiger partial charge in [0.1, 0.15) is 22.8 Å². The van der Waals surface area contributed by atoms with E-state index in [1.807, 2.05) is 19.9 Å². The maximum atomic E-state index is 13.6. The zero-order valence-electron chi connectivity index (χ0n) is 19.6. The number of hydrogen-bond donors (Lipinski definition) is 7. The molecule has 1 saturated carbocycles. The molecule has 5 rings (SSSR count). The van der Waals surface area contributed by atoms with Crippen molar-refractivity contribution in [1.82, 2.24) is 10.2 Å². The highest BCUT2D eigenvalue weighted by Gasteiger charge is 2.63. The third-order valence-corrected chi connectivity index (χ3v) is 7.63. The Morgan fingerprint density at radius 3 is 2.53 bits per heavy atom. The monoisotopic (exact) mass is 494 g/mol. The number of ketones is 2. The van der Waals surface area contributed by atoms with Gasteiger partial charge in [-0.2, -0.15) is 5.10 Å². The number of nitrogens with two attached hydrogens (primary N) is 2. The van der Waals surface area contributed by atoms with Gasteiger partial charge in [0.05, 0.1) is 17.3 Å². The van der Waals surface area contributed by atoms with Crippen LogP contribution in [0.4, 0.5) is 0 Å². The molecule has 0 bridgehead atoms. The summed E-state index contributed by atoms with van der Waals surface area (Å²) in [6.45, 7) is 4.00. The number of phenols is 1. The number of aliphatic hydroxyl groups is 3. The second-order valence-corrected chi connectivity index (χ2v) is 9.93. The number of aromatic nitrogens is 2. The lowest BCUT2D eigenvalue weighted by Crippen LogP contribution is -2.65. The molecule has 4 atom stereocenters. The fourth-order valence-electron chi connectivity index (χ4n) is 5.73. The summed E-state index contributed by atoms with van der Waals surface area (Å²) in [7, 11) is 0. The van der Waals surface area contributed by atoms with Crippen LogP contribution in [-0.2, 0) is 20.8 Å². The van der Waals surface area contributed by atoms with Crippen LogP contribution < -0.4 is 11.5 Å². The molecule has 1 amide bonds. The van der Waals surface area contributed by atoms with Gasteiger partial charge in [0.25, 0.3) is 5.91 Å². The first kappa shape index (κ1) is 23.8. The highest BCUT2D eigenvalue weighted by atomic mass is 16.3. The molecule has 3 aliphatic rings. The fourth-order valence-corrected chi connectivity index (χ4v) is 5.73. The van der Waals surface area contributed by atoms with Crippen LogP contribution in [0.3, 0.4) is 0 Å². The highest BCUT2D eigenvalue weighted by molar-refractivity contribution is 6.24. The molecule has 11 nitrogen and oxygen atoms in total. The lowest BCUT2D eigenvalue weighted by Gasteiger charge is -2.48. The van der Waals surface area contributed by atoms with Crippen LogP contribution in [0.1, 0.15) is 43.0 Å². The number of amides is 1. The molecule has 0 radical (unpaired) electrons. The van der Waals surface area contributed by atoms with Crippen LogP contribution in [-0.4, -0.2) is 59.7 Å². The van der Waals surface area contributed by atoms with E-state index in [2.05, 4.69) is 10.2 Å². The van der Waals surface area contributed by atoms with Crippen molar-refractivity contribution in [2.45, 2.75) is 44.2 Å². The summed E-state index contributed by atoms with van der Waals surface area (Å²) in [5.41, 5.74) is 10.0. The van der Waals surface area contributed by atoms with E-state index in [-0.39, 0.29) is 35.6 Å². The van der Waals surface area contributed by atoms with Gasteiger partial charge in [-0.1, -0.05) is 13.8 Å². The van der Waals surface area contributed by atoms with Crippen molar-refractivity contribution in [3.63, 3.8) is 0 Å². The summed E-state index contributed by atoms with van der Waals surface area (Å²) in [5, 5.41) is 51.3. The third-order valence-electron chi connectivity index (χ3n) is 7.63. The first-order chi connectivity index (χ1) is 16.9. The quantitative estimate of drug-likeness (QED) is 0.301. The van der Waals surface area contributed by atoms with E-state index in [9.17, 15) is 34.8 Å². The molecule has 3 aliphatic carbocycles. The zero-order chi connectivity index (χ0) is 26.3. The number of Topliss-reactive ketones (excluding diaryl/α,β-unsaturated/α-hetero) is 2. The van der Waals surface area contributed by atoms with Gasteiger partial charge in [-0.3, -0.25) is 19.5 Å². The Hall–Kier alpha value is -3.96. The Morgan fingerprint density at radius 2 is 1.92 bits per heavy atom. The first-order valence-electron chi connectivity index (χ1n) is 11.5. The second-order valence-electron chi connectivity index (χ2n) is 9.93. The first-order valence-corrected chi connectivity index (χ1v) is 11.5. The van der Waals surface area contributed by atoms with Crippen molar-refractivity contribution in [3.8, 4) is 17.0 Å². The summed E-state index contributed by atoms with van der Waals surface area (Å²) in [5.74, 6) is -7.18. The van der Waals surface area contributed by atoms with Crippen molar-refractivity contribution in [3.05, 3.63) is 51.9 Å². The Labute approximate surface area is 205 Å². The molecule has 36 heavy (non-hydrogen) atoms. The number of phenolic OH excluding ortho intramolecular Hbond substituents is 1. The number of nitrogens with one attached hydrogen (secondary N) is 1. The molecule has 1 aromatic carbocycles. The summed E-state index contributed by atoms with van der Waals surface area (Å²) in [6, 6.07) is 3.42. The predicted octanol–water partition coefficient (Wildman–Crippen LogP) is 0.875. The third kappa shape index (κ3) is 2.99. The van der Waals surface area contributed by atoms with Gasteiger partial charge in [-0.25, -0.2) is 0 Å². The van der Waals surface area contributed by atoms with Crippen LogP contribution >= 0.6 is 0 Å². The van der Waals surface area contributed by atoms with Crippen molar-refractivity contribution in [2.75, 3.05) is 0 Å². The number of aromatic amines is 1. The molecule has 0 aliphatic heterocycles. The summed E-state index contributed by atoms with van der Waals surface area (Å²) in [4.78, 5) is 38.1. The number of benzene rings is 1. The number of carbonyl (C=O) groups excluding carboxylic acids is 3. The van der Waals surface area contributed by atoms with Gasteiger partial charge < -0.3 is 31.9 Å². The molecular formula is C25H26N4O7. The van der Waals surface area contributed by atoms with Crippen LogP contribution in [0.25, 0.3) is 17.0 Å². The van der Waals surface area contributed by atoms with Crippen molar-refractivity contribution >= 4 is 23.2 Å². The molecule has 188 valence electrons. The number of hydrogen-bond acceptors (Lipinski definition) is 9. The molecule has 11 heteroatoms. The van der Waals surface area contributed by atoms with E-state index >= 15 is 0 Å². The minimum atomic E-state index is -2.73. The second kappa shape index (κ2) is 7.77. The average molecular weight is 495 g/mol. The number of nitrogens with zero attached hydrogens (tertiary/aromatic N) is 1. The summed E-state index contributed by atoms with van der Waals surface area (Å²) >= 11 is 0. The van der Waals surface area contributed by atoms with Crippen LogP contribution in [0, 0.1) is 11.8 Å². The van der Waals surface area contributed by atoms with E-state index < -0.39 is 58.0 Å². The van der Waals surface area contributed by atoms with E-state index in [0.717, 1.165) is 5.69 Å². The van der Waals surface area contributed by atoms with E-state index in [0.29, 0.717) is 16.8 Å². The topological polar surface area (TPSA) is 213 Å². The maximum Gasteiger partial charge on any atom is 0.255 e. The number of aliphatic hydroxyl groups excluding tert-OH is 2. The number of fused-ring (bicyclic) bond motifs is 3. The Kier molecular flexibility index (Phi) is 5.13.